The lowest BCUT2D eigenvalue weighted by Crippen LogP contribution is -2.30. The fourth-order valence-corrected chi connectivity index (χ4v) is 2.02. The van der Waals surface area contributed by atoms with Crippen molar-refractivity contribution in [3.8, 4) is 5.75 Å². The van der Waals surface area contributed by atoms with Gasteiger partial charge >= 0.3 is 0 Å². The Morgan fingerprint density at radius 3 is 2.62 bits per heavy atom. The molecular weight excluding hydrogens is 308 g/mol. The zero-order chi connectivity index (χ0) is 15.1. The van der Waals surface area contributed by atoms with E-state index < -0.39 is 0 Å². The van der Waals surface area contributed by atoms with Gasteiger partial charge in [-0.25, -0.2) is 9.97 Å². The van der Waals surface area contributed by atoms with Crippen molar-refractivity contribution >= 4 is 34.7 Å². The summed E-state index contributed by atoms with van der Waals surface area (Å²) in [6.07, 6.45) is 3.92. The van der Waals surface area contributed by atoms with Gasteiger partial charge in [-0.3, -0.25) is 0 Å². The van der Waals surface area contributed by atoms with Gasteiger partial charge < -0.3 is 15.4 Å². The number of thiocarbonyl (C=S) groups is 1. The van der Waals surface area contributed by atoms with Crippen LogP contribution in [0, 0.1) is 0 Å². The molecule has 0 aliphatic rings. The molecule has 2 aromatic rings. The van der Waals surface area contributed by atoms with Crippen LogP contribution in [-0.4, -0.2) is 28.7 Å². The molecule has 0 fully saturated rings. The first kappa shape index (κ1) is 15.5. The van der Waals surface area contributed by atoms with Crippen LogP contribution in [0.15, 0.2) is 36.7 Å². The lowest BCUT2D eigenvalue weighted by atomic mass is 10.1. The van der Waals surface area contributed by atoms with Crippen LogP contribution < -0.4 is 15.4 Å². The number of nitrogens with zero attached hydrogens (tertiary/aromatic N) is 2. The SMILES string of the molecule is COc1ccc(CCNC(=S)Nc2nccnc2Cl)cc1. The smallest absolute Gasteiger partial charge is 0.172 e. The van der Waals surface area contributed by atoms with Gasteiger partial charge in [0, 0.05) is 18.9 Å². The quantitative estimate of drug-likeness (QED) is 0.825. The van der Waals surface area contributed by atoms with E-state index in [1.807, 2.05) is 24.3 Å². The number of aromatic nitrogens is 2. The van der Waals surface area contributed by atoms with Gasteiger partial charge in [-0.2, -0.15) is 0 Å². The Labute approximate surface area is 133 Å². The van der Waals surface area contributed by atoms with Crippen LogP contribution in [0.4, 0.5) is 5.82 Å². The number of hydrogen-bond donors (Lipinski definition) is 2. The maximum Gasteiger partial charge on any atom is 0.172 e. The summed E-state index contributed by atoms with van der Waals surface area (Å²) in [6, 6.07) is 7.92. The molecule has 2 rings (SSSR count). The van der Waals surface area contributed by atoms with E-state index >= 15 is 0 Å². The van der Waals surface area contributed by atoms with E-state index in [1.54, 1.807) is 13.3 Å². The average molecular weight is 323 g/mol. The number of anilines is 1. The third kappa shape index (κ3) is 4.84. The second-order valence-corrected chi connectivity index (χ2v) is 4.94. The van der Waals surface area contributed by atoms with E-state index in [9.17, 15) is 0 Å². The van der Waals surface area contributed by atoms with E-state index in [4.69, 9.17) is 28.6 Å². The summed E-state index contributed by atoms with van der Waals surface area (Å²) < 4.78 is 5.12. The molecule has 5 nitrogen and oxygen atoms in total. The third-order valence-electron chi connectivity index (χ3n) is 2.74. The molecule has 1 aromatic heterocycles. The number of ether oxygens (including phenoxy) is 1. The average Bonchev–Trinajstić information content (AvgIpc) is 2.50. The highest BCUT2D eigenvalue weighted by Crippen LogP contribution is 2.14. The monoisotopic (exact) mass is 322 g/mol. The first-order chi connectivity index (χ1) is 10.2. The second-order valence-electron chi connectivity index (χ2n) is 4.17. The van der Waals surface area contributed by atoms with Crippen molar-refractivity contribution in [2.75, 3.05) is 19.0 Å². The van der Waals surface area contributed by atoms with Crippen molar-refractivity contribution in [2.24, 2.45) is 0 Å². The Balaban J connectivity index is 1.77. The summed E-state index contributed by atoms with van der Waals surface area (Å²) in [6.45, 7) is 0.704. The highest BCUT2D eigenvalue weighted by atomic mass is 35.5. The van der Waals surface area contributed by atoms with Gasteiger partial charge in [0.15, 0.2) is 16.1 Å². The lowest BCUT2D eigenvalue weighted by Gasteiger charge is -2.10. The molecule has 0 unspecified atom stereocenters. The molecule has 0 radical (unpaired) electrons. The van der Waals surface area contributed by atoms with Gasteiger partial charge in [0.2, 0.25) is 0 Å². The number of benzene rings is 1. The number of rotatable bonds is 5. The van der Waals surface area contributed by atoms with Crippen LogP contribution >= 0.6 is 23.8 Å². The summed E-state index contributed by atoms with van der Waals surface area (Å²) >= 11 is 11.1. The molecule has 110 valence electrons. The lowest BCUT2D eigenvalue weighted by molar-refractivity contribution is 0.414. The Hall–Kier alpha value is -1.92. The molecule has 0 amide bonds. The van der Waals surface area contributed by atoms with Crippen molar-refractivity contribution in [2.45, 2.75) is 6.42 Å². The molecule has 2 N–H and O–H groups in total. The molecular formula is C14H15ClN4OS. The van der Waals surface area contributed by atoms with Gasteiger partial charge in [-0.15, -0.1) is 0 Å². The van der Waals surface area contributed by atoms with Crippen molar-refractivity contribution < 1.29 is 4.74 Å². The zero-order valence-electron chi connectivity index (χ0n) is 11.5. The summed E-state index contributed by atoms with van der Waals surface area (Å²) in [5.74, 6) is 1.29. The molecule has 1 heterocycles. The minimum absolute atomic E-state index is 0.289. The maximum absolute atomic E-state index is 5.89. The van der Waals surface area contributed by atoms with Gasteiger partial charge in [0.1, 0.15) is 5.75 Å². The molecule has 7 heteroatoms. The number of halogens is 1. The molecule has 0 aliphatic carbocycles. The largest absolute Gasteiger partial charge is 0.497 e. The normalized spacial score (nSPS) is 10.0. The third-order valence-corrected chi connectivity index (χ3v) is 3.27. The van der Waals surface area contributed by atoms with E-state index in [1.165, 1.54) is 11.8 Å². The fraction of sp³-hybridized carbons (Fsp3) is 0.214. The summed E-state index contributed by atoms with van der Waals surface area (Å²) in [7, 11) is 1.65. The number of hydrogen-bond acceptors (Lipinski definition) is 4. The Kier molecular flexibility index (Phi) is 5.71. The molecule has 0 saturated heterocycles. The van der Waals surface area contributed by atoms with Crippen molar-refractivity contribution in [3.05, 3.63) is 47.4 Å². The first-order valence-corrected chi connectivity index (χ1v) is 7.12. The van der Waals surface area contributed by atoms with Crippen molar-refractivity contribution in [1.82, 2.24) is 15.3 Å². The summed E-state index contributed by atoms with van der Waals surface area (Å²) in [5, 5.41) is 6.76. The highest BCUT2D eigenvalue weighted by Gasteiger charge is 2.04. The molecule has 0 aliphatic heterocycles. The van der Waals surface area contributed by atoms with Crippen LogP contribution in [0.1, 0.15) is 5.56 Å². The minimum atomic E-state index is 0.289. The van der Waals surface area contributed by atoms with Crippen molar-refractivity contribution in [1.29, 1.82) is 0 Å². The second kappa shape index (κ2) is 7.75. The first-order valence-electron chi connectivity index (χ1n) is 6.33. The topological polar surface area (TPSA) is 59.1 Å². The van der Waals surface area contributed by atoms with Gasteiger partial charge in [0.05, 0.1) is 7.11 Å². The Morgan fingerprint density at radius 2 is 1.95 bits per heavy atom. The van der Waals surface area contributed by atoms with Crippen LogP contribution in [0.25, 0.3) is 0 Å². The van der Waals surface area contributed by atoms with E-state index in [-0.39, 0.29) is 5.15 Å². The standard InChI is InChI=1S/C14H15ClN4OS/c1-20-11-4-2-10(3-5-11)6-7-18-14(21)19-13-12(15)16-8-9-17-13/h2-5,8-9H,6-7H2,1H3,(H2,17,18,19,21). The van der Waals surface area contributed by atoms with E-state index in [0.717, 1.165) is 12.2 Å². The molecule has 1 aromatic carbocycles. The van der Waals surface area contributed by atoms with Gasteiger partial charge in [-0.05, 0) is 36.3 Å². The predicted molar refractivity (Wildman–Crippen MR) is 88.0 cm³/mol. The Morgan fingerprint density at radius 1 is 1.24 bits per heavy atom. The van der Waals surface area contributed by atoms with Crippen LogP contribution in [0.5, 0.6) is 5.75 Å². The van der Waals surface area contributed by atoms with Crippen LogP contribution in [0.2, 0.25) is 5.15 Å². The van der Waals surface area contributed by atoms with Gasteiger partial charge in [0.25, 0.3) is 0 Å². The summed E-state index contributed by atoms with van der Waals surface area (Å²) in [5.41, 5.74) is 1.20. The molecule has 0 bridgehead atoms. The zero-order valence-corrected chi connectivity index (χ0v) is 13.0. The minimum Gasteiger partial charge on any atom is -0.497 e. The van der Waals surface area contributed by atoms with Crippen LogP contribution in [-0.2, 0) is 6.42 Å². The van der Waals surface area contributed by atoms with Gasteiger partial charge in [-0.1, -0.05) is 23.7 Å². The van der Waals surface area contributed by atoms with Crippen LogP contribution in [0.3, 0.4) is 0 Å². The van der Waals surface area contributed by atoms with E-state index in [0.29, 0.717) is 17.5 Å². The number of methoxy groups -OCH3 is 1. The fourth-order valence-electron chi connectivity index (χ4n) is 1.67. The molecule has 0 saturated carbocycles. The van der Waals surface area contributed by atoms with E-state index in [2.05, 4.69) is 20.6 Å². The number of nitrogens with one attached hydrogen (secondary N) is 2. The Bertz CT molecular complexity index is 606. The molecule has 0 spiro atoms. The molecule has 0 atom stereocenters. The molecule has 21 heavy (non-hydrogen) atoms. The predicted octanol–water partition coefficient (Wildman–Crippen LogP) is 2.67. The summed E-state index contributed by atoms with van der Waals surface area (Å²) in [4.78, 5) is 7.97. The maximum atomic E-state index is 5.89. The highest BCUT2D eigenvalue weighted by molar-refractivity contribution is 7.80. The van der Waals surface area contributed by atoms with Crippen molar-refractivity contribution in [3.63, 3.8) is 0 Å².